The van der Waals surface area contributed by atoms with E-state index in [4.69, 9.17) is 18.0 Å². The largest absolute Gasteiger partial charge is 0.388 e. The first-order valence-electron chi connectivity index (χ1n) is 7.60. The smallest absolute Gasteiger partial charge is 0.155 e. The van der Waals surface area contributed by atoms with Crippen LogP contribution >= 0.6 is 12.2 Å². The SMILES string of the molecule is CCCCCCCCCCNc1nccnc1C(N)=S. The number of unbranched alkanes of at least 4 members (excludes halogenated alkanes) is 7. The summed E-state index contributed by atoms with van der Waals surface area (Å²) in [7, 11) is 0. The second-order valence-electron chi connectivity index (χ2n) is 5.02. The lowest BCUT2D eigenvalue weighted by Crippen LogP contribution is -2.16. The van der Waals surface area contributed by atoms with Crippen molar-refractivity contribution < 1.29 is 0 Å². The van der Waals surface area contributed by atoms with Crippen molar-refractivity contribution in [1.29, 1.82) is 0 Å². The average Bonchev–Trinajstić information content (AvgIpc) is 2.46. The van der Waals surface area contributed by atoms with Crippen LogP contribution < -0.4 is 11.1 Å². The number of nitrogens with one attached hydrogen (secondary N) is 1. The van der Waals surface area contributed by atoms with Gasteiger partial charge in [-0.2, -0.15) is 0 Å². The molecule has 0 bridgehead atoms. The number of anilines is 1. The van der Waals surface area contributed by atoms with Gasteiger partial charge in [-0.1, -0.05) is 64.1 Å². The summed E-state index contributed by atoms with van der Waals surface area (Å²) in [5.74, 6) is 0.697. The monoisotopic (exact) mass is 294 g/mol. The van der Waals surface area contributed by atoms with Crippen LogP contribution in [0.25, 0.3) is 0 Å². The Bertz CT molecular complexity index is 395. The lowest BCUT2D eigenvalue weighted by atomic mass is 10.1. The van der Waals surface area contributed by atoms with E-state index in [0.717, 1.165) is 13.0 Å². The van der Waals surface area contributed by atoms with Crippen molar-refractivity contribution in [1.82, 2.24) is 9.97 Å². The van der Waals surface area contributed by atoms with Crippen LogP contribution in [-0.4, -0.2) is 21.5 Å². The summed E-state index contributed by atoms with van der Waals surface area (Å²) >= 11 is 4.96. The molecule has 0 amide bonds. The number of nitrogens with two attached hydrogens (primary N) is 1. The molecule has 1 rings (SSSR count). The minimum absolute atomic E-state index is 0.288. The fourth-order valence-corrected chi connectivity index (χ4v) is 2.26. The molecule has 0 fully saturated rings. The molecule has 20 heavy (non-hydrogen) atoms. The maximum Gasteiger partial charge on any atom is 0.155 e. The number of hydrogen-bond donors (Lipinski definition) is 2. The molecule has 0 unspecified atom stereocenters. The third kappa shape index (κ3) is 6.80. The fourth-order valence-electron chi connectivity index (χ4n) is 2.11. The van der Waals surface area contributed by atoms with Crippen LogP contribution in [0.5, 0.6) is 0 Å². The first-order valence-corrected chi connectivity index (χ1v) is 8.01. The van der Waals surface area contributed by atoms with Crippen LogP contribution in [0.2, 0.25) is 0 Å². The van der Waals surface area contributed by atoms with Crippen LogP contribution in [0.15, 0.2) is 12.4 Å². The van der Waals surface area contributed by atoms with Crippen molar-refractivity contribution in [2.75, 3.05) is 11.9 Å². The number of nitrogens with zero attached hydrogens (tertiary/aromatic N) is 2. The Morgan fingerprint density at radius 2 is 1.65 bits per heavy atom. The van der Waals surface area contributed by atoms with Crippen molar-refractivity contribution >= 4 is 23.0 Å². The maximum atomic E-state index is 5.61. The van der Waals surface area contributed by atoms with E-state index < -0.39 is 0 Å². The van der Waals surface area contributed by atoms with Crippen LogP contribution in [0, 0.1) is 0 Å². The molecule has 0 aliphatic rings. The van der Waals surface area contributed by atoms with Crippen molar-refractivity contribution in [2.24, 2.45) is 5.73 Å². The highest BCUT2D eigenvalue weighted by Gasteiger charge is 2.06. The number of aromatic nitrogens is 2. The summed E-state index contributed by atoms with van der Waals surface area (Å²) in [4.78, 5) is 8.66. The molecular weight excluding hydrogens is 268 g/mol. The van der Waals surface area contributed by atoms with Gasteiger partial charge in [0.1, 0.15) is 10.7 Å². The van der Waals surface area contributed by atoms with E-state index >= 15 is 0 Å². The van der Waals surface area contributed by atoms with E-state index in [1.54, 1.807) is 12.4 Å². The lowest BCUT2D eigenvalue weighted by Gasteiger charge is -2.08. The van der Waals surface area contributed by atoms with Gasteiger partial charge in [-0.05, 0) is 6.42 Å². The first-order chi connectivity index (χ1) is 9.75. The second-order valence-corrected chi connectivity index (χ2v) is 5.46. The Kier molecular flexibility index (Phi) is 8.87. The van der Waals surface area contributed by atoms with Crippen LogP contribution in [0.4, 0.5) is 5.82 Å². The predicted octanol–water partition coefficient (Wildman–Crippen LogP) is 3.66. The topological polar surface area (TPSA) is 63.8 Å². The van der Waals surface area contributed by atoms with Crippen molar-refractivity contribution in [2.45, 2.75) is 58.3 Å². The second kappa shape index (κ2) is 10.5. The Morgan fingerprint density at radius 3 is 2.30 bits per heavy atom. The van der Waals surface area contributed by atoms with E-state index in [1.807, 2.05) is 0 Å². The molecule has 1 heterocycles. The van der Waals surface area contributed by atoms with Gasteiger partial charge >= 0.3 is 0 Å². The third-order valence-electron chi connectivity index (χ3n) is 3.25. The molecule has 0 aromatic carbocycles. The van der Waals surface area contributed by atoms with Crippen molar-refractivity contribution in [3.63, 3.8) is 0 Å². The Balaban J connectivity index is 2.11. The lowest BCUT2D eigenvalue weighted by molar-refractivity contribution is 0.581. The summed E-state index contributed by atoms with van der Waals surface area (Å²) in [6.45, 7) is 3.14. The molecule has 0 aliphatic heterocycles. The zero-order valence-electron chi connectivity index (χ0n) is 12.4. The number of thiocarbonyl (C=S) groups is 1. The summed E-state index contributed by atoms with van der Waals surface area (Å²) in [6.07, 6.45) is 13.8. The standard InChI is InChI=1S/C15H26N4S/c1-2-3-4-5-6-7-8-9-10-18-15-13(14(16)20)17-11-12-19-15/h11-12H,2-10H2,1H3,(H2,16,20)(H,18,19). The Morgan fingerprint density at radius 1 is 1.05 bits per heavy atom. The summed E-state index contributed by atoms with van der Waals surface area (Å²) in [5, 5.41) is 3.26. The van der Waals surface area contributed by atoms with Gasteiger partial charge in [0, 0.05) is 18.9 Å². The summed E-state index contributed by atoms with van der Waals surface area (Å²) < 4.78 is 0. The van der Waals surface area contributed by atoms with Gasteiger partial charge in [0.25, 0.3) is 0 Å². The third-order valence-corrected chi connectivity index (χ3v) is 3.45. The zero-order valence-corrected chi connectivity index (χ0v) is 13.2. The molecule has 5 heteroatoms. The molecule has 112 valence electrons. The quantitative estimate of drug-likeness (QED) is 0.481. The van der Waals surface area contributed by atoms with Gasteiger partial charge in [0.15, 0.2) is 5.82 Å². The number of hydrogen-bond acceptors (Lipinski definition) is 4. The van der Waals surface area contributed by atoms with Crippen LogP contribution in [-0.2, 0) is 0 Å². The van der Waals surface area contributed by atoms with Crippen LogP contribution in [0.3, 0.4) is 0 Å². The Hall–Kier alpha value is -1.23. The van der Waals surface area contributed by atoms with E-state index in [1.165, 1.54) is 44.9 Å². The van der Waals surface area contributed by atoms with Gasteiger partial charge in [-0.15, -0.1) is 0 Å². The zero-order chi connectivity index (χ0) is 14.6. The molecular formula is C15H26N4S. The minimum atomic E-state index is 0.288. The average molecular weight is 294 g/mol. The van der Waals surface area contributed by atoms with Crippen LogP contribution in [0.1, 0.15) is 64.0 Å². The van der Waals surface area contributed by atoms with Gasteiger partial charge in [-0.25, -0.2) is 9.97 Å². The van der Waals surface area contributed by atoms with E-state index in [2.05, 4.69) is 22.2 Å². The molecule has 3 N–H and O–H groups in total. The van der Waals surface area contributed by atoms with Gasteiger partial charge in [0.2, 0.25) is 0 Å². The first kappa shape index (κ1) is 16.8. The highest BCUT2D eigenvalue weighted by molar-refractivity contribution is 7.80. The molecule has 0 saturated carbocycles. The maximum absolute atomic E-state index is 5.61. The van der Waals surface area contributed by atoms with E-state index in [0.29, 0.717) is 11.5 Å². The van der Waals surface area contributed by atoms with Crippen molar-refractivity contribution in [3.05, 3.63) is 18.1 Å². The number of rotatable bonds is 11. The molecule has 0 aliphatic carbocycles. The minimum Gasteiger partial charge on any atom is -0.388 e. The fraction of sp³-hybridized carbons (Fsp3) is 0.667. The molecule has 1 aromatic heterocycles. The van der Waals surface area contributed by atoms with E-state index in [9.17, 15) is 0 Å². The van der Waals surface area contributed by atoms with Gasteiger partial charge < -0.3 is 11.1 Å². The summed E-state index contributed by atoms with van der Waals surface area (Å²) in [5.41, 5.74) is 6.20. The molecule has 1 aromatic rings. The highest BCUT2D eigenvalue weighted by Crippen LogP contribution is 2.10. The molecule has 4 nitrogen and oxygen atoms in total. The molecule has 0 spiro atoms. The summed E-state index contributed by atoms with van der Waals surface area (Å²) in [6, 6.07) is 0. The molecule has 0 radical (unpaired) electrons. The molecule has 0 saturated heterocycles. The normalized spacial score (nSPS) is 10.4. The van der Waals surface area contributed by atoms with Gasteiger partial charge in [0.05, 0.1) is 0 Å². The molecule has 0 atom stereocenters. The predicted molar refractivity (Wildman–Crippen MR) is 89.0 cm³/mol. The highest BCUT2D eigenvalue weighted by atomic mass is 32.1. The Labute approximate surface area is 127 Å². The van der Waals surface area contributed by atoms with E-state index in [-0.39, 0.29) is 4.99 Å². The van der Waals surface area contributed by atoms with Gasteiger partial charge in [-0.3, -0.25) is 0 Å². The van der Waals surface area contributed by atoms with Crippen molar-refractivity contribution in [3.8, 4) is 0 Å².